The molecule has 0 aliphatic carbocycles. The van der Waals surface area contributed by atoms with Crippen LogP contribution in [0.2, 0.25) is 0 Å². The number of carbonyl (C=O) groups is 2. The molecule has 1 aliphatic rings. The van der Waals surface area contributed by atoms with Crippen LogP contribution in [-0.4, -0.2) is 61.3 Å². The molecule has 0 radical (unpaired) electrons. The van der Waals surface area contributed by atoms with Crippen LogP contribution in [0.5, 0.6) is 0 Å². The number of rotatable bonds is 6. The lowest BCUT2D eigenvalue weighted by molar-refractivity contribution is -0.161. The van der Waals surface area contributed by atoms with E-state index < -0.39 is 6.04 Å². The molecule has 19 heavy (non-hydrogen) atoms. The van der Waals surface area contributed by atoms with Gasteiger partial charge >= 0.3 is 0 Å². The topological polar surface area (TPSA) is 67.9 Å². The van der Waals surface area contributed by atoms with E-state index >= 15 is 0 Å². The molecule has 1 aliphatic heterocycles. The van der Waals surface area contributed by atoms with Crippen molar-refractivity contribution >= 4 is 11.8 Å². The standard InChI is InChI=1S/C13H24N2O4/c1-9(16)14-11-10(8-19-13(2,3)4)15(12(11)17)6-7-18-5/h10-11H,6-8H2,1-5H3,(H,14,16)/t10-,11?/m1/s1. The number of amides is 2. The van der Waals surface area contributed by atoms with Crippen LogP contribution < -0.4 is 5.32 Å². The highest BCUT2D eigenvalue weighted by molar-refractivity contribution is 5.93. The van der Waals surface area contributed by atoms with Crippen molar-refractivity contribution in [2.24, 2.45) is 0 Å². The van der Waals surface area contributed by atoms with Crippen molar-refractivity contribution in [1.82, 2.24) is 10.2 Å². The van der Waals surface area contributed by atoms with Crippen molar-refractivity contribution in [1.29, 1.82) is 0 Å². The number of likely N-dealkylation sites (tertiary alicyclic amines) is 1. The van der Waals surface area contributed by atoms with Gasteiger partial charge in [0, 0.05) is 20.6 Å². The van der Waals surface area contributed by atoms with Crippen LogP contribution in [0.1, 0.15) is 27.7 Å². The second-order valence-corrected chi connectivity index (χ2v) is 5.69. The molecule has 1 rings (SSSR count). The number of hydrogen-bond acceptors (Lipinski definition) is 4. The molecule has 2 amide bonds. The molecule has 0 bridgehead atoms. The lowest BCUT2D eigenvalue weighted by atomic mass is 9.95. The fraction of sp³-hybridized carbons (Fsp3) is 0.846. The highest BCUT2D eigenvalue weighted by Crippen LogP contribution is 2.22. The van der Waals surface area contributed by atoms with Crippen LogP contribution >= 0.6 is 0 Å². The number of nitrogens with one attached hydrogen (secondary N) is 1. The van der Waals surface area contributed by atoms with Gasteiger partial charge in [-0.2, -0.15) is 0 Å². The third kappa shape index (κ3) is 4.47. The van der Waals surface area contributed by atoms with E-state index in [2.05, 4.69) is 5.32 Å². The van der Waals surface area contributed by atoms with Gasteiger partial charge in [-0.25, -0.2) is 0 Å². The lowest BCUT2D eigenvalue weighted by Gasteiger charge is -2.47. The summed E-state index contributed by atoms with van der Waals surface area (Å²) in [6.07, 6.45) is 0. The average Bonchev–Trinajstić information content (AvgIpc) is 2.28. The van der Waals surface area contributed by atoms with E-state index in [0.717, 1.165) is 0 Å². The molecule has 0 spiro atoms. The van der Waals surface area contributed by atoms with Gasteiger partial charge in [-0.3, -0.25) is 9.59 Å². The molecule has 2 atom stereocenters. The Morgan fingerprint density at radius 2 is 2.05 bits per heavy atom. The molecule has 1 N–H and O–H groups in total. The van der Waals surface area contributed by atoms with Crippen LogP contribution in [0.4, 0.5) is 0 Å². The Balaban J connectivity index is 2.61. The molecule has 1 heterocycles. The fourth-order valence-corrected chi connectivity index (χ4v) is 1.97. The second kappa shape index (κ2) is 6.34. The lowest BCUT2D eigenvalue weighted by Crippen LogP contribution is -2.72. The smallest absolute Gasteiger partial charge is 0.247 e. The Morgan fingerprint density at radius 3 is 2.53 bits per heavy atom. The summed E-state index contributed by atoms with van der Waals surface area (Å²) in [5, 5.41) is 2.67. The van der Waals surface area contributed by atoms with Gasteiger partial charge in [-0.05, 0) is 20.8 Å². The quantitative estimate of drug-likeness (QED) is 0.700. The molecule has 6 heteroatoms. The minimum absolute atomic E-state index is 0.0743. The number of carbonyl (C=O) groups excluding carboxylic acids is 2. The second-order valence-electron chi connectivity index (χ2n) is 5.69. The first kappa shape index (κ1) is 15.9. The summed E-state index contributed by atoms with van der Waals surface area (Å²) in [5.41, 5.74) is -0.271. The molecule has 0 saturated carbocycles. The van der Waals surface area contributed by atoms with Gasteiger partial charge in [0.15, 0.2) is 0 Å². The van der Waals surface area contributed by atoms with Gasteiger partial charge in [-0.15, -0.1) is 0 Å². The van der Waals surface area contributed by atoms with Crippen molar-refractivity contribution in [3.63, 3.8) is 0 Å². The average molecular weight is 272 g/mol. The van der Waals surface area contributed by atoms with E-state index in [1.807, 2.05) is 20.8 Å². The van der Waals surface area contributed by atoms with Crippen molar-refractivity contribution in [3.8, 4) is 0 Å². The van der Waals surface area contributed by atoms with Gasteiger partial charge in [0.05, 0.1) is 24.9 Å². The first-order chi connectivity index (χ1) is 8.76. The minimum Gasteiger partial charge on any atom is -0.383 e. The maximum Gasteiger partial charge on any atom is 0.247 e. The minimum atomic E-state index is -0.475. The third-order valence-electron chi connectivity index (χ3n) is 2.92. The van der Waals surface area contributed by atoms with E-state index in [9.17, 15) is 9.59 Å². The molecule has 110 valence electrons. The Bertz CT molecular complexity index is 338. The summed E-state index contributed by atoms with van der Waals surface area (Å²) < 4.78 is 10.7. The Kier molecular flexibility index (Phi) is 5.31. The third-order valence-corrected chi connectivity index (χ3v) is 2.92. The number of hydrogen-bond donors (Lipinski definition) is 1. The zero-order valence-electron chi connectivity index (χ0n) is 12.4. The summed E-state index contributed by atoms with van der Waals surface area (Å²) in [6.45, 7) is 8.69. The van der Waals surface area contributed by atoms with Gasteiger partial charge in [0.2, 0.25) is 11.8 Å². The van der Waals surface area contributed by atoms with Crippen molar-refractivity contribution in [3.05, 3.63) is 0 Å². The molecular weight excluding hydrogens is 248 g/mol. The zero-order chi connectivity index (χ0) is 14.6. The maximum atomic E-state index is 11.9. The van der Waals surface area contributed by atoms with Gasteiger partial charge in [0.25, 0.3) is 0 Å². The predicted octanol–water partition coefficient (Wildman–Crippen LogP) is 0.163. The highest BCUT2D eigenvalue weighted by atomic mass is 16.5. The largest absolute Gasteiger partial charge is 0.383 e. The van der Waals surface area contributed by atoms with Crippen LogP contribution in [0.25, 0.3) is 0 Å². The Labute approximate surface area is 114 Å². The van der Waals surface area contributed by atoms with Crippen LogP contribution in [-0.2, 0) is 19.1 Å². The Morgan fingerprint density at radius 1 is 1.42 bits per heavy atom. The van der Waals surface area contributed by atoms with Crippen LogP contribution in [0, 0.1) is 0 Å². The van der Waals surface area contributed by atoms with Crippen LogP contribution in [0.3, 0.4) is 0 Å². The SMILES string of the molecule is COCCN1C(=O)C(NC(C)=O)[C@H]1COC(C)(C)C. The van der Waals surface area contributed by atoms with E-state index in [1.165, 1.54) is 6.92 Å². The molecule has 0 aromatic carbocycles. The molecule has 1 saturated heterocycles. The van der Waals surface area contributed by atoms with Crippen molar-refractivity contribution in [2.45, 2.75) is 45.4 Å². The van der Waals surface area contributed by atoms with Gasteiger partial charge in [-0.1, -0.05) is 0 Å². The molecular formula is C13H24N2O4. The number of ether oxygens (including phenoxy) is 2. The predicted molar refractivity (Wildman–Crippen MR) is 70.7 cm³/mol. The fourth-order valence-electron chi connectivity index (χ4n) is 1.97. The zero-order valence-corrected chi connectivity index (χ0v) is 12.4. The normalized spacial score (nSPS) is 23.2. The summed E-state index contributed by atoms with van der Waals surface area (Å²) in [4.78, 5) is 24.7. The van der Waals surface area contributed by atoms with E-state index in [-0.39, 0.29) is 23.5 Å². The maximum absolute atomic E-state index is 11.9. The van der Waals surface area contributed by atoms with E-state index in [1.54, 1.807) is 12.0 Å². The molecule has 0 aromatic rings. The monoisotopic (exact) mass is 272 g/mol. The molecule has 6 nitrogen and oxygen atoms in total. The summed E-state index contributed by atoms with van der Waals surface area (Å²) in [5.74, 6) is -0.278. The first-order valence-electron chi connectivity index (χ1n) is 6.46. The van der Waals surface area contributed by atoms with Gasteiger partial charge in [0.1, 0.15) is 6.04 Å². The summed E-state index contributed by atoms with van der Waals surface area (Å²) in [6, 6.07) is -0.595. The number of nitrogens with zero attached hydrogens (tertiary/aromatic N) is 1. The first-order valence-corrected chi connectivity index (χ1v) is 6.46. The van der Waals surface area contributed by atoms with Crippen molar-refractivity contribution < 1.29 is 19.1 Å². The number of β-lactam (4-membered cyclic amide) rings is 1. The molecule has 0 aromatic heterocycles. The van der Waals surface area contributed by atoms with Crippen molar-refractivity contribution in [2.75, 3.05) is 26.9 Å². The molecule has 1 fully saturated rings. The van der Waals surface area contributed by atoms with Gasteiger partial charge < -0.3 is 19.7 Å². The van der Waals surface area contributed by atoms with Crippen LogP contribution in [0.15, 0.2) is 0 Å². The molecule has 1 unspecified atom stereocenters. The summed E-state index contributed by atoms with van der Waals surface area (Å²) in [7, 11) is 1.59. The van der Waals surface area contributed by atoms with E-state index in [4.69, 9.17) is 9.47 Å². The number of methoxy groups -OCH3 is 1. The van der Waals surface area contributed by atoms with E-state index in [0.29, 0.717) is 19.8 Å². The summed E-state index contributed by atoms with van der Waals surface area (Å²) >= 11 is 0. The Hall–Kier alpha value is -1.14. The highest BCUT2D eigenvalue weighted by Gasteiger charge is 2.47.